The summed E-state index contributed by atoms with van der Waals surface area (Å²) in [5.74, 6) is 0. The summed E-state index contributed by atoms with van der Waals surface area (Å²) in [5, 5.41) is 4.07. The van der Waals surface area contributed by atoms with Crippen molar-refractivity contribution < 1.29 is 13.2 Å². The highest BCUT2D eigenvalue weighted by molar-refractivity contribution is 5.34. The van der Waals surface area contributed by atoms with Crippen LogP contribution in [0.3, 0.4) is 0 Å². The summed E-state index contributed by atoms with van der Waals surface area (Å²) in [4.78, 5) is 0. The lowest BCUT2D eigenvalue weighted by atomic mass is 9.98. The Kier molecular flexibility index (Phi) is 2.23. The first-order chi connectivity index (χ1) is 6.57. The third-order valence-corrected chi connectivity index (χ3v) is 2.35. The van der Waals surface area contributed by atoms with Gasteiger partial charge in [-0.3, -0.25) is 0 Å². The molecule has 0 spiro atoms. The molecule has 1 radical (unpaired) electrons. The molecule has 1 aliphatic heterocycles. The first kappa shape index (κ1) is 9.52. The average molecular weight is 200 g/mol. The van der Waals surface area contributed by atoms with Crippen LogP contribution in [0.5, 0.6) is 0 Å². The van der Waals surface area contributed by atoms with Crippen LogP contribution in [0, 0.1) is 0 Å². The van der Waals surface area contributed by atoms with Gasteiger partial charge in [-0.15, -0.1) is 0 Å². The molecule has 0 N–H and O–H groups in total. The van der Waals surface area contributed by atoms with E-state index in [1.54, 1.807) is 6.07 Å². The zero-order valence-corrected chi connectivity index (χ0v) is 7.43. The Morgan fingerprint density at radius 1 is 1.14 bits per heavy atom. The number of benzene rings is 1. The normalized spacial score (nSPS) is 16.5. The minimum atomic E-state index is -4.24. The highest BCUT2D eigenvalue weighted by Gasteiger charge is 2.31. The van der Waals surface area contributed by atoms with Crippen molar-refractivity contribution in [2.24, 2.45) is 0 Å². The molecule has 0 bridgehead atoms. The molecule has 1 heterocycles. The lowest BCUT2D eigenvalue weighted by molar-refractivity contribution is -0.137. The molecule has 0 amide bonds. The van der Waals surface area contributed by atoms with Gasteiger partial charge in [0.05, 0.1) is 5.56 Å². The second-order valence-electron chi connectivity index (χ2n) is 3.34. The van der Waals surface area contributed by atoms with Crippen LogP contribution in [0.1, 0.15) is 16.7 Å². The van der Waals surface area contributed by atoms with E-state index in [9.17, 15) is 13.2 Å². The Morgan fingerprint density at radius 2 is 1.93 bits per heavy atom. The van der Waals surface area contributed by atoms with Gasteiger partial charge in [-0.1, -0.05) is 6.07 Å². The maximum absolute atomic E-state index is 12.3. The maximum Gasteiger partial charge on any atom is 0.416 e. The van der Waals surface area contributed by atoms with E-state index in [0.717, 1.165) is 24.6 Å². The Balaban J connectivity index is 2.39. The quantitative estimate of drug-likeness (QED) is 0.610. The molecule has 1 nitrogen and oxygen atoms in total. The van der Waals surface area contributed by atoms with E-state index >= 15 is 0 Å². The first-order valence-corrected chi connectivity index (χ1v) is 4.39. The van der Waals surface area contributed by atoms with E-state index < -0.39 is 11.7 Å². The smallest absolute Gasteiger partial charge is 0.237 e. The second-order valence-corrected chi connectivity index (χ2v) is 3.34. The number of fused-ring (bicyclic) bond motifs is 1. The fourth-order valence-corrected chi connectivity index (χ4v) is 1.59. The van der Waals surface area contributed by atoms with Gasteiger partial charge in [-0.25, -0.2) is 5.32 Å². The van der Waals surface area contributed by atoms with Crippen LogP contribution in [0.15, 0.2) is 18.2 Å². The van der Waals surface area contributed by atoms with Crippen molar-refractivity contribution in [2.45, 2.75) is 19.1 Å². The predicted molar refractivity (Wildman–Crippen MR) is 45.9 cm³/mol. The minimum absolute atomic E-state index is 0.416. The van der Waals surface area contributed by atoms with Gasteiger partial charge in [0.1, 0.15) is 0 Å². The molecule has 14 heavy (non-hydrogen) atoms. The highest BCUT2D eigenvalue weighted by atomic mass is 19.4. The topological polar surface area (TPSA) is 14.1 Å². The molecule has 75 valence electrons. The van der Waals surface area contributed by atoms with Crippen LogP contribution in [0.25, 0.3) is 0 Å². The summed E-state index contributed by atoms with van der Waals surface area (Å²) < 4.78 is 37.0. The molecule has 0 aromatic heterocycles. The molecular formula is C10H9F3N. The van der Waals surface area contributed by atoms with Gasteiger partial charge in [-0.2, -0.15) is 13.2 Å². The molecule has 0 aliphatic carbocycles. The summed E-state index contributed by atoms with van der Waals surface area (Å²) in [6.45, 7) is 1.14. The molecule has 1 aromatic rings. The van der Waals surface area contributed by atoms with E-state index in [0.29, 0.717) is 12.1 Å². The molecule has 0 unspecified atom stereocenters. The van der Waals surface area contributed by atoms with Crippen molar-refractivity contribution in [1.82, 2.24) is 5.32 Å². The number of rotatable bonds is 0. The largest absolute Gasteiger partial charge is 0.416 e. The zero-order valence-electron chi connectivity index (χ0n) is 7.43. The summed E-state index contributed by atoms with van der Waals surface area (Å²) in [6.07, 6.45) is -3.49. The molecule has 0 saturated carbocycles. The molecule has 1 aromatic carbocycles. The van der Waals surface area contributed by atoms with E-state index in [-0.39, 0.29) is 0 Å². The van der Waals surface area contributed by atoms with Crippen molar-refractivity contribution in [3.05, 3.63) is 34.9 Å². The van der Waals surface area contributed by atoms with Crippen LogP contribution in [0.2, 0.25) is 0 Å². The van der Waals surface area contributed by atoms with Gasteiger partial charge in [0.15, 0.2) is 0 Å². The second kappa shape index (κ2) is 3.28. The highest BCUT2D eigenvalue weighted by Crippen LogP contribution is 2.31. The Morgan fingerprint density at radius 3 is 2.64 bits per heavy atom. The number of halogens is 3. The van der Waals surface area contributed by atoms with Crippen LogP contribution < -0.4 is 5.32 Å². The molecule has 0 atom stereocenters. The predicted octanol–water partition coefficient (Wildman–Crippen LogP) is 2.37. The zero-order chi connectivity index (χ0) is 10.2. The van der Waals surface area contributed by atoms with E-state index in [1.807, 2.05) is 0 Å². The third-order valence-electron chi connectivity index (χ3n) is 2.35. The lowest BCUT2D eigenvalue weighted by Gasteiger charge is -2.17. The van der Waals surface area contributed by atoms with Crippen LogP contribution in [-0.2, 0) is 19.1 Å². The van der Waals surface area contributed by atoms with Crippen LogP contribution in [0.4, 0.5) is 13.2 Å². The standard InChI is InChI=1S/C10H9F3N/c11-10(12,13)9-2-1-7-3-4-14-6-8(7)5-9/h1-2,5H,3-4,6H2. The van der Waals surface area contributed by atoms with E-state index in [1.165, 1.54) is 6.07 Å². The third kappa shape index (κ3) is 1.75. The lowest BCUT2D eigenvalue weighted by Crippen LogP contribution is -2.18. The molecule has 0 fully saturated rings. The molecule has 2 rings (SSSR count). The fourth-order valence-electron chi connectivity index (χ4n) is 1.59. The monoisotopic (exact) mass is 200 g/mol. The average Bonchev–Trinajstić information content (AvgIpc) is 2.16. The van der Waals surface area contributed by atoms with Gasteiger partial charge in [-0.05, 0) is 29.7 Å². The fraction of sp³-hybridized carbons (Fsp3) is 0.400. The van der Waals surface area contributed by atoms with Gasteiger partial charge < -0.3 is 0 Å². The number of nitrogens with zero attached hydrogens (tertiary/aromatic N) is 1. The summed E-state index contributed by atoms with van der Waals surface area (Å²) in [7, 11) is 0. The van der Waals surface area contributed by atoms with Crippen LogP contribution in [-0.4, -0.2) is 6.54 Å². The van der Waals surface area contributed by atoms with Crippen LogP contribution >= 0.6 is 0 Å². The van der Waals surface area contributed by atoms with E-state index in [4.69, 9.17) is 0 Å². The number of hydrogen-bond donors (Lipinski definition) is 0. The van der Waals surface area contributed by atoms with Crippen molar-refractivity contribution >= 4 is 0 Å². The Labute approximate surface area is 79.9 Å². The molecular weight excluding hydrogens is 191 g/mol. The molecule has 1 aliphatic rings. The van der Waals surface area contributed by atoms with Gasteiger partial charge in [0.25, 0.3) is 0 Å². The molecule has 4 heteroatoms. The van der Waals surface area contributed by atoms with E-state index in [2.05, 4.69) is 5.32 Å². The van der Waals surface area contributed by atoms with Crippen molar-refractivity contribution in [2.75, 3.05) is 6.54 Å². The summed E-state index contributed by atoms with van der Waals surface area (Å²) in [6, 6.07) is 3.91. The number of alkyl halides is 3. The Bertz CT molecular complexity index is 344. The maximum atomic E-state index is 12.3. The number of hydrogen-bond acceptors (Lipinski definition) is 0. The Hall–Kier alpha value is -1.03. The first-order valence-electron chi connectivity index (χ1n) is 4.39. The van der Waals surface area contributed by atoms with Crippen molar-refractivity contribution in [3.8, 4) is 0 Å². The SMILES string of the molecule is FC(F)(F)c1ccc2c(c1)C[N]CC2. The van der Waals surface area contributed by atoms with Crippen molar-refractivity contribution in [3.63, 3.8) is 0 Å². The summed E-state index contributed by atoms with van der Waals surface area (Å²) in [5.41, 5.74) is 1.13. The van der Waals surface area contributed by atoms with Crippen molar-refractivity contribution in [1.29, 1.82) is 0 Å². The van der Waals surface area contributed by atoms with Gasteiger partial charge in [0.2, 0.25) is 0 Å². The summed E-state index contributed by atoms with van der Waals surface area (Å²) >= 11 is 0. The van der Waals surface area contributed by atoms with Gasteiger partial charge >= 0.3 is 6.18 Å². The minimum Gasteiger partial charge on any atom is -0.237 e. The van der Waals surface area contributed by atoms with Gasteiger partial charge in [0, 0.05) is 13.1 Å². The molecule has 0 saturated heterocycles.